The summed E-state index contributed by atoms with van der Waals surface area (Å²) in [5.74, 6) is -1.53. The van der Waals surface area contributed by atoms with Crippen molar-refractivity contribution < 1.29 is 19.1 Å². The Kier molecular flexibility index (Phi) is 4.35. The van der Waals surface area contributed by atoms with Crippen molar-refractivity contribution in [1.82, 2.24) is 4.90 Å². The molecule has 0 radical (unpaired) electrons. The average Bonchev–Trinajstić information content (AvgIpc) is 2.27. The number of hydrogen-bond donors (Lipinski definition) is 2. The molecular formula is C12H11Cl2FN2O3. The Balaban J connectivity index is 1.95. The van der Waals surface area contributed by atoms with Gasteiger partial charge in [0.05, 0.1) is 22.2 Å². The van der Waals surface area contributed by atoms with E-state index in [0.29, 0.717) is 13.1 Å². The number of rotatable bonds is 3. The third-order valence-electron chi connectivity index (χ3n) is 2.95. The van der Waals surface area contributed by atoms with Crippen molar-refractivity contribution in [2.24, 2.45) is 5.92 Å². The number of aliphatic carboxylic acids is 1. The maximum atomic E-state index is 13.0. The number of nitrogens with one attached hydrogen (secondary N) is 1. The molecule has 0 unspecified atom stereocenters. The van der Waals surface area contributed by atoms with Gasteiger partial charge >= 0.3 is 12.0 Å². The number of nitrogens with zero attached hydrogens (tertiary/aromatic N) is 1. The standard InChI is InChI=1S/C12H11Cl2FN2O3/c13-8-2-7(15)3-9(14)11(8)16-12(20)17-4-6(5-17)1-10(18)19/h2-3,6H,1,4-5H2,(H,16,20)(H,18,19). The van der Waals surface area contributed by atoms with Crippen molar-refractivity contribution >= 4 is 40.9 Å². The van der Waals surface area contributed by atoms with Crippen LogP contribution in [0.1, 0.15) is 6.42 Å². The van der Waals surface area contributed by atoms with Crippen LogP contribution >= 0.6 is 23.2 Å². The maximum Gasteiger partial charge on any atom is 0.321 e. The average molecular weight is 321 g/mol. The molecule has 0 aliphatic carbocycles. The number of carboxylic acid groups (broad SMARTS) is 1. The largest absolute Gasteiger partial charge is 0.481 e. The predicted molar refractivity (Wildman–Crippen MR) is 72.8 cm³/mol. The number of amides is 2. The van der Waals surface area contributed by atoms with Crippen molar-refractivity contribution in [3.8, 4) is 0 Å². The normalized spacial score (nSPS) is 14.8. The van der Waals surface area contributed by atoms with E-state index in [0.717, 1.165) is 12.1 Å². The van der Waals surface area contributed by atoms with Crippen LogP contribution in [0.5, 0.6) is 0 Å². The first-order valence-corrected chi connectivity index (χ1v) is 6.54. The van der Waals surface area contributed by atoms with Gasteiger partial charge in [-0.05, 0) is 12.1 Å². The van der Waals surface area contributed by atoms with Crippen molar-refractivity contribution in [2.45, 2.75) is 6.42 Å². The van der Waals surface area contributed by atoms with Crippen LogP contribution in [0.4, 0.5) is 14.9 Å². The van der Waals surface area contributed by atoms with Gasteiger partial charge in [-0.1, -0.05) is 23.2 Å². The maximum absolute atomic E-state index is 13.0. The van der Waals surface area contributed by atoms with Crippen molar-refractivity contribution in [3.63, 3.8) is 0 Å². The minimum absolute atomic E-state index is 0.00552. The second-order valence-corrected chi connectivity index (χ2v) is 5.36. The Bertz CT molecular complexity index is 539. The molecule has 108 valence electrons. The fourth-order valence-corrected chi connectivity index (χ4v) is 2.51. The zero-order chi connectivity index (χ0) is 14.9. The van der Waals surface area contributed by atoms with Crippen LogP contribution in [-0.4, -0.2) is 35.1 Å². The molecule has 20 heavy (non-hydrogen) atoms. The van der Waals surface area contributed by atoms with Crippen molar-refractivity contribution in [1.29, 1.82) is 0 Å². The van der Waals surface area contributed by atoms with E-state index < -0.39 is 17.8 Å². The number of carbonyl (C=O) groups is 2. The zero-order valence-corrected chi connectivity index (χ0v) is 11.7. The molecule has 0 bridgehead atoms. The molecule has 1 aromatic rings. The van der Waals surface area contributed by atoms with Crippen molar-refractivity contribution in [3.05, 3.63) is 28.0 Å². The minimum Gasteiger partial charge on any atom is -0.481 e. The highest BCUT2D eigenvalue weighted by molar-refractivity contribution is 6.39. The van der Waals surface area contributed by atoms with E-state index in [1.165, 1.54) is 4.90 Å². The molecule has 1 aliphatic heterocycles. The van der Waals surface area contributed by atoms with E-state index >= 15 is 0 Å². The van der Waals surface area contributed by atoms with E-state index in [2.05, 4.69) is 5.32 Å². The SMILES string of the molecule is O=C(O)CC1CN(C(=O)Nc2c(Cl)cc(F)cc2Cl)C1. The third-order valence-corrected chi connectivity index (χ3v) is 3.54. The summed E-state index contributed by atoms with van der Waals surface area (Å²) in [5.41, 5.74) is 0.140. The Hall–Kier alpha value is -1.53. The first kappa shape index (κ1) is 14.9. The molecule has 2 amide bonds. The van der Waals surface area contributed by atoms with Crippen LogP contribution in [0, 0.1) is 11.7 Å². The lowest BCUT2D eigenvalue weighted by molar-refractivity contribution is -0.139. The fraction of sp³-hybridized carbons (Fsp3) is 0.333. The van der Waals surface area contributed by atoms with E-state index in [1.54, 1.807) is 0 Å². The molecule has 5 nitrogen and oxygen atoms in total. The van der Waals surface area contributed by atoms with Crippen molar-refractivity contribution in [2.75, 3.05) is 18.4 Å². The summed E-state index contributed by atoms with van der Waals surface area (Å²) >= 11 is 11.6. The molecule has 1 fully saturated rings. The van der Waals surface area contributed by atoms with Crippen LogP contribution in [0.2, 0.25) is 10.0 Å². The van der Waals surface area contributed by atoms with E-state index in [9.17, 15) is 14.0 Å². The number of urea groups is 1. The number of anilines is 1. The number of benzene rings is 1. The smallest absolute Gasteiger partial charge is 0.321 e. The molecule has 0 saturated carbocycles. The highest BCUT2D eigenvalue weighted by Crippen LogP contribution is 2.32. The molecule has 1 heterocycles. The summed E-state index contributed by atoms with van der Waals surface area (Å²) in [4.78, 5) is 23.8. The van der Waals surface area contributed by atoms with Gasteiger partial charge in [0.2, 0.25) is 0 Å². The fourth-order valence-electron chi connectivity index (χ4n) is 1.96. The molecule has 0 atom stereocenters. The van der Waals surface area contributed by atoms with Crippen LogP contribution < -0.4 is 5.32 Å². The van der Waals surface area contributed by atoms with Gasteiger partial charge in [-0.15, -0.1) is 0 Å². The Morgan fingerprint density at radius 2 is 1.90 bits per heavy atom. The number of carboxylic acids is 1. The summed E-state index contributed by atoms with van der Waals surface area (Å²) in [7, 11) is 0. The van der Waals surface area contributed by atoms with Gasteiger partial charge in [-0.2, -0.15) is 0 Å². The number of halogens is 3. The van der Waals surface area contributed by atoms with Gasteiger partial charge in [0.15, 0.2) is 0 Å². The lowest BCUT2D eigenvalue weighted by Gasteiger charge is -2.38. The third kappa shape index (κ3) is 3.32. The zero-order valence-electron chi connectivity index (χ0n) is 10.2. The molecule has 0 aromatic heterocycles. The number of likely N-dealkylation sites (tertiary alicyclic amines) is 1. The second-order valence-electron chi connectivity index (χ2n) is 4.54. The first-order valence-electron chi connectivity index (χ1n) is 5.79. The lowest BCUT2D eigenvalue weighted by atomic mass is 9.97. The predicted octanol–water partition coefficient (Wildman–Crippen LogP) is 3.07. The van der Waals surface area contributed by atoms with Gasteiger partial charge in [0.25, 0.3) is 0 Å². The number of hydrogen-bond acceptors (Lipinski definition) is 2. The van der Waals surface area contributed by atoms with Crippen LogP contribution in [-0.2, 0) is 4.79 Å². The topological polar surface area (TPSA) is 69.6 Å². The van der Waals surface area contributed by atoms with Gasteiger partial charge < -0.3 is 15.3 Å². The molecule has 0 spiro atoms. The van der Waals surface area contributed by atoms with Gasteiger partial charge in [0.1, 0.15) is 5.82 Å². The van der Waals surface area contributed by atoms with E-state index in [4.69, 9.17) is 28.3 Å². The molecule has 8 heteroatoms. The molecule has 2 rings (SSSR count). The number of carbonyl (C=O) groups excluding carboxylic acids is 1. The van der Waals surface area contributed by atoms with E-state index in [-0.39, 0.29) is 28.1 Å². The molecular weight excluding hydrogens is 310 g/mol. The van der Waals surface area contributed by atoms with E-state index in [1.807, 2.05) is 0 Å². The van der Waals surface area contributed by atoms with Crippen LogP contribution in [0.15, 0.2) is 12.1 Å². The van der Waals surface area contributed by atoms with Gasteiger partial charge in [-0.25, -0.2) is 9.18 Å². The Labute approximate surface area is 124 Å². The highest BCUT2D eigenvalue weighted by atomic mass is 35.5. The molecule has 1 aromatic carbocycles. The molecule has 2 N–H and O–H groups in total. The Morgan fingerprint density at radius 1 is 1.35 bits per heavy atom. The minimum atomic E-state index is -0.889. The lowest BCUT2D eigenvalue weighted by Crippen LogP contribution is -2.52. The summed E-state index contributed by atoms with van der Waals surface area (Å²) in [6.45, 7) is 0.711. The summed E-state index contributed by atoms with van der Waals surface area (Å²) < 4.78 is 13.0. The summed E-state index contributed by atoms with van der Waals surface area (Å²) in [6, 6.07) is 1.65. The summed E-state index contributed by atoms with van der Waals surface area (Å²) in [5, 5.41) is 11.1. The molecule has 1 aliphatic rings. The van der Waals surface area contributed by atoms with Gasteiger partial charge in [-0.3, -0.25) is 4.79 Å². The first-order chi connectivity index (χ1) is 9.36. The summed E-state index contributed by atoms with van der Waals surface area (Å²) in [6.07, 6.45) is 0.0296. The second kappa shape index (κ2) is 5.85. The highest BCUT2D eigenvalue weighted by Gasteiger charge is 2.32. The van der Waals surface area contributed by atoms with Gasteiger partial charge in [0, 0.05) is 19.0 Å². The quantitative estimate of drug-likeness (QED) is 0.899. The van der Waals surface area contributed by atoms with Crippen LogP contribution in [0.3, 0.4) is 0 Å². The van der Waals surface area contributed by atoms with Crippen LogP contribution in [0.25, 0.3) is 0 Å². The Morgan fingerprint density at radius 3 is 2.40 bits per heavy atom. The molecule has 1 saturated heterocycles. The monoisotopic (exact) mass is 320 g/mol.